The fourth-order valence-electron chi connectivity index (χ4n) is 18.3. The third kappa shape index (κ3) is 20.8. The normalized spacial score (nSPS) is 14.9. The molecule has 17 aromatic rings. The molecule has 19 heterocycles. The number of nitrogens with one attached hydrogen (secondary N) is 1. The van der Waals surface area contributed by atoms with Crippen LogP contribution in [0.5, 0.6) is 11.5 Å². The highest BCUT2D eigenvalue weighted by Gasteiger charge is 2.28. The zero-order valence-electron chi connectivity index (χ0n) is 77.7. The highest BCUT2D eigenvalue weighted by molar-refractivity contribution is 6.01. The molecule has 3 aromatic carbocycles. The van der Waals surface area contributed by atoms with Crippen LogP contribution in [0, 0.1) is 18.8 Å². The van der Waals surface area contributed by atoms with Crippen LogP contribution in [0.15, 0.2) is 250 Å². The van der Waals surface area contributed by atoms with Crippen LogP contribution >= 0.6 is 0 Å². The first-order valence-corrected chi connectivity index (χ1v) is 47.2. The lowest BCUT2D eigenvalue weighted by Crippen LogP contribution is -2.37. The molecule has 5 aliphatic heterocycles. The Morgan fingerprint density at radius 3 is 1.25 bits per heavy atom. The predicted octanol–water partition coefficient (Wildman–Crippen LogP) is 16.9. The van der Waals surface area contributed by atoms with E-state index in [9.17, 15) is 28.8 Å². The van der Waals surface area contributed by atoms with Crippen molar-refractivity contribution in [2.75, 3.05) is 79.7 Å². The lowest BCUT2D eigenvalue weighted by atomic mass is 9.98. The van der Waals surface area contributed by atoms with E-state index in [1.807, 2.05) is 245 Å². The summed E-state index contributed by atoms with van der Waals surface area (Å²) in [5.74, 6) is 5.95. The predicted molar refractivity (Wildman–Crippen MR) is 524 cm³/mol. The Morgan fingerprint density at radius 2 is 0.816 bits per heavy atom. The minimum atomic E-state index is -0.142. The van der Waals surface area contributed by atoms with Crippen LogP contribution in [0.3, 0.4) is 0 Å². The van der Waals surface area contributed by atoms with Crippen LogP contribution in [0.1, 0.15) is 173 Å². The minimum Gasteiger partial charge on any atom is -0.497 e. The largest absolute Gasteiger partial charge is 0.497 e. The smallest absolute Gasteiger partial charge is 0.255 e. The Kier molecular flexibility index (Phi) is 28.0. The van der Waals surface area contributed by atoms with E-state index in [0.29, 0.717) is 34.7 Å². The maximum atomic E-state index is 12.8. The number of carbonyl (C=O) groups is 5. The highest BCUT2D eigenvalue weighted by atomic mass is 16.5. The first-order valence-electron chi connectivity index (χ1n) is 47.2. The third-order valence-electron chi connectivity index (χ3n) is 26.3. The van der Waals surface area contributed by atoms with Gasteiger partial charge in [-0.05, 0) is 223 Å². The second-order valence-electron chi connectivity index (χ2n) is 35.7. The van der Waals surface area contributed by atoms with Gasteiger partial charge in [0.1, 0.15) is 34.1 Å². The van der Waals surface area contributed by atoms with Gasteiger partial charge in [-0.1, -0.05) is 38.1 Å². The van der Waals surface area contributed by atoms with Gasteiger partial charge in [0, 0.05) is 210 Å². The molecule has 696 valence electrons. The summed E-state index contributed by atoms with van der Waals surface area (Å²) in [5.41, 5.74) is 12.7. The van der Waals surface area contributed by atoms with E-state index in [0.717, 1.165) is 261 Å². The van der Waals surface area contributed by atoms with Crippen molar-refractivity contribution in [3.05, 3.63) is 300 Å². The number of benzene rings is 3. The van der Waals surface area contributed by atoms with Crippen molar-refractivity contribution >= 4 is 84.6 Å². The van der Waals surface area contributed by atoms with Crippen LogP contribution in [0.2, 0.25) is 0 Å². The number of rotatable bonds is 17. The standard InChI is InChI=1S/2C24H25N5O2.C20H22N4O.C19H20N4O2.C18H21N5O/c1-31-22-7-5-18(6-8-22)16-28-17-21(15-26-28)29-12-9-19-13-20(14-25-23(19)29)24(30)27-10-3-2-4-11-27;1-31-21-7-5-18(6-8-21)15-27-16-22(26-17-27)29-12-9-19-13-20(14-25-23(19)29)24(30)28-10-3-2-4-11-28;1-14-5-9-23(10-6-14)20(25)16-3-4-18-17(11-16)15(2)13-24(18)19-12-21-7-8-22-19;1-13-4-7-22(8-5-13)19(25)15-10-14-6-9-23(18(14)21-11-15)16-2-3-17(24)20-12-16;1-2-21-12-16(20-13-21)23-9-6-14-10-15(11-19-17(14)23)18(24)22-7-4-3-5-8-22/h5-9,12-15,17H,2-4,10-11,16H2,1H3;5-9,12-14,16-17H,2-4,10-11,15H2,1H3;3-4,7-8,11-14H,5-6,9-10H2,1-2H3;2-3,6,9-13H,4-5,7-8H2,1H3,(H,20,24);6,9-13H,2-5,7-8H2,1H3. The average Bonchev–Trinajstić information content (AvgIpc) is 1.56. The van der Waals surface area contributed by atoms with Crippen molar-refractivity contribution in [3.63, 3.8) is 0 Å². The SMILES string of the molecule is CC1CCN(C(=O)c2cnc3c(ccn3-c3ccc(=O)[nH]c3)c2)CC1.CCn1cnc(-n2ccc3cc(C(=O)N4CCCCC4)cnc32)c1.COc1ccc(Cn2cc(-n3ccc4cc(C(=O)N5CCCCC5)cnc43)cn2)cc1.COc1ccc(Cn2cnc(-n3ccc4cc(C(=O)N5CCCCC5)cnc43)c2)cc1.Cc1cn(-c2cnccn2)c2ccc(C(=O)N3CCC(C)CC3)cc12. The number of hydrogen-bond donors (Lipinski definition) is 1. The molecule has 0 unspecified atom stereocenters. The van der Waals surface area contributed by atoms with Crippen molar-refractivity contribution in [1.29, 1.82) is 0 Å². The number of ether oxygens (including phenoxy) is 2. The summed E-state index contributed by atoms with van der Waals surface area (Å²) in [6.45, 7) is 19.3. The Bertz CT molecular complexity index is 6910. The molecular weight excluding hydrogens is 1710 g/mol. The molecule has 14 aromatic heterocycles. The van der Waals surface area contributed by atoms with Gasteiger partial charge in [0.05, 0.1) is 85.0 Å². The summed E-state index contributed by atoms with van der Waals surface area (Å²) in [5, 5.41) is 9.34. The van der Waals surface area contributed by atoms with Crippen molar-refractivity contribution in [2.45, 2.75) is 131 Å². The molecule has 0 atom stereocenters. The van der Waals surface area contributed by atoms with Crippen molar-refractivity contribution in [2.24, 2.45) is 11.8 Å². The van der Waals surface area contributed by atoms with E-state index in [1.165, 1.54) is 30.9 Å². The first kappa shape index (κ1) is 91.1. The number of amides is 5. The number of imidazole rings is 2. The molecule has 0 radical (unpaired) electrons. The molecule has 5 aliphatic rings. The fourth-order valence-corrected chi connectivity index (χ4v) is 18.3. The highest BCUT2D eigenvalue weighted by Crippen LogP contribution is 2.31. The number of H-pyrrole nitrogens is 1. The molecule has 5 fully saturated rings. The number of piperidine rings is 5. The second-order valence-corrected chi connectivity index (χ2v) is 35.7. The van der Waals surface area contributed by atoms with Gasteiger partial charge in [-0.15, -0.1) is 0 Å². The molecule has 31 heteroatoms. The molecule has 0 spiro atoms. The fraction of sp³-hybridized carbons (Fsp3) is 0.324. The molecule has 5 amide bonds. The molecule has 31 nitrogen and oxygen atoms in total. The molecule has 0 saturated carbocycles. The van der Waals surface area contributed by atoms with Crippen LogP contribution in [-0.2, 0) is 19.6 Å². The van der Waals surface area contributed by atoms with E-state index in [-0.39, 0.29) is 35.1 Å². The zero-order valence-corrected chi connectivity index (χ0v) is 77.7. The first-order chi connectivity index (χ1) is 66.4. The summed E-state index contributed by atoms with van der Waals surface area (Å²) in [6, 6.07) is 40.8. The number of carbonyl (C=O) groups excluding carboxylic acids is 5. The number of aromatic amines is 1. The van der Waals surface area contributed by atoms with Gasteiger partial charge in [0.2, 0.25) is 5.56 Å². The number of nitrogens with zero attached hydrogens (tertiary/aromatic N) is 22. The summed E-state index contributed by atoms with van der Waals surface area (Å²) in [7, 11) is 3.33. The summed E-state index contributed by atoms with van der Waals surface area (Å²) in [4.78, 5) is 123. The maximum absolute atomic E-state index is 12.8. The van der Waals surface area contributed by atoms with Gasteiger partial charge in [-0.25, -0.2) is 34.9 Å². The average molecular weight is 1830 g/mol. The Labute approximate surface area is 787 Å². The van der Waals surface area contributed by atoms with Crippen LogP contribution in [-0.4, -0.2) is 220 Å². The number of methoxy groups -OCH3 is 2. The Morgan fingerprint density at radius 1 is 0.390 bits per heavy atom. The lowest BCUT2D eigenvalue weighted by molar-refractivity contribution is 0.0689. The van der Waals surface area contributed by atoms with Gasteiger partial charge >= 0.3 is 0 Å². The zero-order chi connectivity index (χ0) is 93.7. The van der Waals surface area contributed by atoms with E-state index in [4.69, 9.17) is 9.47 Å². The van der Waals surface area contributed by atoms with Gasteiger partial charge in [0.25, 0.3) is 29.5 Å². The number of pyridine rings is 5. The van der Waals surface area contributed by atoms with Crippen LogP contribution in [0.4, 0.5) is 0 Å². The second kappa shape index (κ2) is 41.8. The minimum absolute atomic E-state index is 0.0538. The molecular formula is C105H113N23O8. The van der Waals surface area contributed by atoms with Crippen LogP contribution in [0.25, 0.3) is 83.9 Å². The summed E-state index contributed by atoms with van der Waals surface area (Å²) in [6.07, 6.45) is 49.2. The summed E-state index contributed by atoms with van der Waals surface area (Å²) < 4.78 is 26.2. The quantitative estimate of drug-likeness (QED) is 0.0885. The van der Waals surface area contributed by atoms with E-state index in [1.54, 1.807) is 69.9 Å². The van der Waals surface area contributed by atoms with Crippen molar-refractivity contribution < 1.29 is 33.4 Å². The van der Waals surface area contributed by atoms with Crippen molar-refractivity contribution in [1.82, 2.24) is 111 Å². The molecule has 136 heavy (non-hydrogen) atoms. The number of aryl methyl sites for hydroxylation is 2. The lowest BCUT2D eigenvalue weighted by Gasteiger charge is -2.30. The molecule has 1 N–H and O–H groups in total. The summed E-state index contributed by atoms with van der Waals surface area (Å²) >= 11 is 0. The number of aromatic nitrogens is 18. The topological polar surface area (TPSA) is 308 Å². The van der Waals surface area contributed by atoms with Crippen molar-refractivity contribution in [3.8, 4) is 40.3 Å². The monoisotopic (exact) mass is 1820 g/mol. The third-order valence-corrected chi connectivity index (χ3v) is 26.3. The van der Waals surface area contributed by atoms with Gasteiger partial charge in [-0.2, -0.15) is 5.10 Å². The maximum Gasteiger partial charge on any atom is 0.255 e. The Balaban J connectivity index is 0.000000114. The Hall–Kier alpha value is -15.4. The van der Waals surface area contributed by atoms with Gasteiger partial charge in [0.15, 0.2) is 17.5 Å². The van der Waals surface area contributed by atoms with E-state index in [2.05, 4.69) is 77.6 Å². The van der Waals surface area contributed by atoms with E-state index >= 15 is 0 Å². The number of hydrogen-bond acceptors (Lipinski definition) is 17. The van der Waals surface area contributed by atoms with E-state index < -0.39 is 0 Å². The number of fused-ring (bicyclic) bond motifs is 5. The van der Waals surface area contributed by atoms with Gasteiger partial charge in [-0.3, -0.25) is 61.3 Å². The van der Waals surface area contributed by atoms with Gasteiger partial charge < -0.3 is 48.1 Å². The van der Waals surface area contributed by atoms with Crippen LogP contribution < -0.4 is 15.0 Å². The number of likely N-dealkylation sites (tertiary alicyclic amines) is 5. The molecule has 5 saturated heterocycles. The molecule has 0 aliphatic carbocycles. The molecule has 0 bridgehead atoms. The molecule has 22 rings (SSSR count).